The molecule has 1 aromatic carbocycles. The van der Waals surface area contributed by atoms with Gasteiger partial charge in [0.15, 0.2) is 12.1 Å². The summed E-state index contributed by atoms with van der Waals surface area (Å²) in [5.41, 5.74) is 2.80. The van der Waals surface area contributed by atoms with Gasteiger partial charge in [-0.3, -0.25) is 24.0 Å². The van der Waals surface area contributed by atoms with Crippen molar-refractivity contribution in [1.29, 1.82) is 0 Å². The smallest absolute Gasteiger partial charge is 0.254 e. The average molecular weight is 782 g/mol. The monoisotopic (exact) mass is 781 g/mol. The molecule has 1 amide bonds. The zero-order valence-corrected chi connectivity index (χ0v) is 33.2. The minimum Gasteiger partial charge on any atom is -0.381 e. The van der Waals surface area contributed by atoms with Crippen LogP contribution < -0.4 is 20.4 Å². The molecule has 0 spiro atoms. The van der Waals surface area contributed by atoms with Crippen molar-refractivity contribution in [3.8, 4) is 0 Å². The Morgan fingerprint density at radius 1 is 1.05 bits per heavy atom. The van der Waals surface area contributed by atoms with E-state index in [0.29, 0.717) is 67.5 Å². The third kappa shape index (κ3) is 7.94. The first kappa shape index (κ1) is 38.8. The summed E-state index contributed by atoms with van der Waals surface area (Å²) < 4.78 is 23.1. The summed E-state index contributed by atoms with van der Waals surface area (Å²) in [5, 5.41) is 12.6. The number of amides is 1. The number of aromatic nitrogens is 5. The largest absolute Gasteiger partial charge is 0.381 e. The van der Waals surface area contributed by atoms with E-state index in [4.69, 9.17) is 19.8 Å². The highest BCUT2D eigenvalue weighted by Gasteiger charge is 2.37. The number of ether oxygens (including phenoxy) is 1. The summed E-state index contributed by atoms with van der Waals surface area (Å²) in [6.45, 7) is 8.82. The fourth-order valence-electron chi connectivity index (χ4n) is 8.88. The lowest BCUT2D eigenvalue weighted by atomic mass is 9.97. The number of aldehydes is 1. The first-order valence-electron chi connectivity index (χ1n) is 20.2. The molecular formula is C41H52FN11O4. The third-order valence-corrected chi connectivity index (χ3v) is 12.2. The lowest BCUT2D eigenvalue weighted by Gasteiger charge is -2.37. The van der Waals surface area contributed by atoms with Gasteiger partial charge in [-0.2, -0.15) is 10.1 Å². The van der Waals surface area contributed by atoms with Crippen molar-refractivity contribution in [2.45, 2.75) is 95.7 Å². The van der Waals surface area contributed by atoms with E-state index in [1.807, 2.05) is 31.4 Å². The van der Waals surface area contributed by atoms with Gasteiger partial charge in [-0.1, -0.05) is 0 Å². The molecule has 2 N–H and O–H groups in total. The minimum atomic E-state index is -0.504. The number of piperidine rings is 3. The maximum Gasteiger partial charge on any atom is 0.254 e. The van der Waals surface area contributed by atoms with Crippen molar-refractivity contribution < 1.29 is 23.5 Å². The van der Waals surface area contributed by atoms with Crippen LogP contribution in [-0.4, -0.2) is 124 Å². The molecule has 4 aromatic rings. The number of fused-ring (bicyclic) bond motifs is 2. The third-order valence-electron chi connectivity index (χ3n) is 12.2. The summed E-state index contributed by atoms with van der Waals surface area (Å²) in [7, 11) is 3.81. The molecule has 0 aliphatic carbocycles. The first-order chi connectivity index (χ1) is 27.6. The molecule has 2 atom stereocenters. The number of benzene rings is 1. The number of Topliss-reactive ketones (excluding diaryl/α,β-unsaturated/α-hetero) is 1. The molecule has 0 radical (unpaired) electrons. The molecule has 15 nitrogen and oxygen atoms in total. The Morgan fingerprint density at radius 3 is 2.53 bits per heavy atom. The normalized spacial score (nSPS) is 20.9. The van der Waals surface area contributed by atoms with Crippen LogP contribution in [0.25, 0.3) is 10.9 Å². The van der Waals surface area contributed by atoms with E-state index >= 15 is 4.39 Å². The van der Waals surface area contributed by atoms with E-state index in [-0.39, 0.29) is 36.0 Å². The Kier molecular flexibility index (Phi) is 11.2. The Labute approximate surface area is 331 Å². The number of hydrogen-bond acceptors (Lipinski definition) is 13. The van der Waals surface area contributed by atoms with Crippen LogP contribution in [0.15, 0.2) is 36.7 Å². The fraction of sp³-hybridized carbons (Fsp3) is 0.537. The minimum absolute atomic E-state index is 0.119. The molecule has 3 saturated heterocycles. The van der Waals surface area contributed by atoms with Gasteiger partial charge in [0.2, 0.25) is 11.7 Å². The van der Waals surface area contributed by atoms with Crippen LogP contribution in [-0.2, 0) is 27.4 Å². The van der Waals surface area contributed by atoms with Crippen LogP contribution in [0, 0.1) is 5.82 Å². The second-order valence-electron chi connectivity index (χ2n) is 16.1. The van der Waals surface area contributed by atoms with Gasteiger partial charge in [0.25, 0.3) is 5.91 Å². The van der Waals surface area contributed by atoms with E-state index in [1.54, 1.807) is 18.2 Å². The Hall–Kier alpha value is -5.06. The number of carbonyl (C=O) groups excluding carboxylic acids is 3. The lowest BCUT2D eigenvalue weighted by molar-refractivity contribution is -0.131. The SMILES string of the molecule is COC1CCN(c2nccc(Nc3cc4c(cn3)c(N3CCC(N(C)Cc5cc6c(cc5F)C(=O)N(C5CCC(C(=O)C=O)NC5)C6)CC3)nn4C(C)C)n2)CC1. The number of anilines is 4. The van der Waals surface area contributed by atoms with Gasteiger partial charge in [-0.25, -0.2) is 14.4 Å². The number of halogens is 1. The van der Waals surface area contributed by atoms with Crippen molar-refractivity contribution in [3.63, 3.8) is 0 Å². The molecule has 57 heavy (non-hydrogen) atoms. The summed E-state index contributed by atoms with van der Waals surface area (Å²) >= 11 is 0. The average Bonchev–Trinajstić information content (AvgIpc) is 3.77. The zero-order valence-electron chi connectivity index (χ0n) is 33.2. The van der Waals surface area contributed by atoms with Crippen LogP contribution in [0.1, 0.15) is 79.9 Å². The highest BCUT2D eigenvalue weighted by atomic mass is 19.1. The fourth-order valence-corrected chi connectivity index (χ4v) is 8.88. The van der Waals surface area contributed by atoms with Gasteiger partial charge in [0, 0.05) is 101 Å². The van der Waals surface area contributed by atoms with Crippen molar-refractivity contribution in [1.82, 2.24) is 39.8 Å². The molecule has 0 saturated carbocycles. The van der Waals surface area contributed by atoms with Crippen molar-refractivity contribution >= 4 is 52.3 Å². The van der Waals surface area contributed by atoms with Gasteiger partial charge in [-0.05, 0) is 83.2 Å². The molecule has 3 fully saturated rings. The highest BCUT2D eigenvalue weighted by molar-refractivity contribution is 6.27. The van der Waals surface area contributed by atoms with Gasteiger partial charge in [0.05, 0.1) is 23.0 Å². The van der Waals surface area contributed by atoms with E-state index in [2.05, 4.69) is 48.8 Å². The number of rotatable bonds is 12. The van der Waals surface area contributed by atoms with Gasteiger partial charge in [0.1, 0.15) is 17.5 Å². The molecule has 0 bridgehead atoms. The molecule has 7 heterocycles. The molecule has 2 unspecified atom stereocenters. The highest BCUT2D eigenvalue weighted by Crippen LogP contribution is 2.34. The van der Waals surface area contributed by atoms with E-state index in [1.165, 1.54) is 6.07 Å². The maximum absolute atomic E-state index is 15.5. The van der Waals surface area contributed by atoms with Crippen LogP contribution >= 0.6 is 0 Å². The van der Waals surface area contributed by atoms with Crippen molar-refractivity contribution in [2.24, 2.45) is 0 Å². The van der Waals surface area contributed by atoms with Gasteiger partial charge >= 0.3 is 0 Å². The number of nitrogens with one attached hydrogen (secondary N) is 2. The second kappa shape index (κ2) is 16.4. The topological polar surface area (TPSA) is 154 Å². The molecule has 16 heteroatoms. The number of hydrogen-bond donors (Lipinski definition) is 2. The molecule has 3 aromatic heterocycles. The summed E-state index contributed by atoms with van der Waals surface area (Å²) in [4.78, 5) is 58.6. The van der Waals surface area contributed by atoms with Crippen molar-refractivity contribution in [3.05, 3.63) is 59.2 Å². The van der Waals surface area contributed by atoms with Gasteiger partial charge < -0.3 is 30.1 Å². The molecule has 4 aliphatic rings. The number of methoxy groups -OCH3 is 1. The van der Waals surface area contributed by atoms with Crippen molar-refractivity contribution in [2.75, 3.05) is 62.0 Å². The van der Waals surface area contributed by atoms with Crippen LogP contribution in [0.3, 0.4) is 0 Å². The summed E-state index contributed by atoms with van der Waals surface area (Å²) in [6.07, 6.45) is 9.07. The van der Waals surface area contributed by atoms with Crippen LogP contribution in [0.2, 0.25) is 0 Å². The van der Waals surface area contributed by atoms with E-state index in [0.717, 1.165) is 74.1 Å². The molecule has 8 rings (SSSR count). The Balaban J connectivity index is 0.896. The quantitative estimate of drug-likeness (QED) is 0.156. The Bertz CT molecular complexity index is 2120. The van der Waals surface area contributed by atoms with E-state index in [9.17, 15) is 14.4 Å². The second-order valence-corrected chi connectivity index (χ2v) is 16.1. The Morgan fingerprint density at radius 2 is 1.82 bits per heavy atom. The number of ketones is 1. The number of nitrogens with zero attached hydrogens (tertiary/aromatic N) is 9. The van der Waals surface area contributed by atoms with E-state index < -0.39 is 11.8 Å². The number of carbonyl (C=O) groups is 3. The summed E-state index contributed by atoms with van der Waals surface area (Å²) in [5.74, 6) is 1.95. The predicted molar refractivity (Wildman–Crippen MR) is 214 cm³/mol. The maximum atomic E-state index is 15.5. The van der Waals surface area contributed by atoms with Gasteiger partial charge in [-0.15, -0.1) is 0 Å². The van der Waals surface area contributed by atoms with Crippen LogP contribution in [0.5, 0.6) is 0 Å². The zero-order chi connectivity index (χ0) is 39.8. The molecule has 4 aliphatic heterocycles. The molecule has 302 valence electrons. The predicted octanol–water partition coefficient (Wildman–Crippen LogP) is 4.25. The standard InChI is InChI=1S/C41H52FN11O4/c1-25(2)53-35-19-38(46-37-7-12-43-41(47-37)51-15-10-30(57-4)11-16-51)45-21-32(35)39(48-53)50-13-8-28(9-14-50)49(3)22-27-17-26-23-52(40(56)31(26)18-33(27)42)29-5-6-34(44-20-29)36(55)24-54/h7,12,17-19,21,24-25,28-30,34,44H,5-6,8-11,13-16,20,22-23H2,1-4H3,(H,43,45,46,47). The molecular weight excluding hydrogens is 730 g/mol. The first-order valence-corrected chi connectivity index (χ1v) is 20.2. The number of pyridine rings is 1. The lowest BCUT2D eigenvalue weighted by Crippen LogP contribution is -2.52. The van der Waals surface area contributed by atoms with Crippen LogP contribution in [0.4, 0.5) is 27.8 Å². The summed E-state index contributed by atoms with van der Waals surface area (Å²) in [6, 6.07) is 6.89.